The third-order valence-electron chi connectivity index (χ3n) is 6.51. The van der Waals surface area contributed by atoms with Gasteiger partial charge in [-0.05, 0) is 49.1 Å². The van der Waals surface area contributed by atoms with Crippen molar-refractivity contribution in [2.24, 2.45) is 0 Å². The van der Waals surface area contributed by atoms with Gasteiger partial charge in [-0.3, -0.25) is 9.10 Å². The van der Waals surface area contributed by atoms with Gasteiger partial charge in [-0.1, -0.05) is 18.2 Å². The van der Waals surface area contributed by atoms with Crippen LogP contribution in [0.4, 0.5) is 5.69 Å². The Balaban J connectivity index is 1.52. The van der Waals surface area contributed by atoms with Crippen molar-refractivity contribution < 1.29 is 35.9 Å². The Morgan fingerprint density at radius 2 is 1.92 bits per heavy atom. The number of aryl methyl sites for hydroxylation is 1. The summed E-state index contributed by atoms with van der Waals surface area (Å²) in [6.07, 6.45) is 1.75. The molecule has 1 fully saturated rings. The average Bonchev–Trinajstić information content (AvgIpc) is 3.25. The monoisotopic (exact) mass is 536 g/mol. The highest BCUT2D eigenvalue weighted by atomic mass is 32.2. The van der Waals surface area contributed by atoms with E-state index in [9.17, 15) is 26.4 Å². The predicted molar refractivity (Wildman–Crippen MR) is 132 cm³/mol. The summed E-state index contributed by atoms with van der Waals surface area (Å²) >= 11 is 0. The lowest BCUT2D eigenvalue weighted by Gasteiger charge is -2.31. The zero-order valence-corrected chi connectivity index (χ0v) is 21.7. The average molecular weight is 537 g/mol. The number of benzene rings is 2. The van der Waals surface area contributed by atoms with Gasteiger partial charge in [-0.25, -0.2) is 21.6 Å². The van der Waals surface area contributed by atoms with Crippen LogP contribution in [0.15, 0.2) is 47.4 Å². The van der Waals surface area contributed by atoms with E-state index < -0.39 is 44.4 Å². The van der Waals surface area contributed by atoms with Crippen molar-refractivity contribution in [2.45, 2.75) is 30.2 Å². The fourth-order valence-electron chi connectivity index (χ4n) is 4.47. The Morgan fingerprint density at radius 1 is 1.17 bits per heavy atom. The van der Waals surface area contributed by atoms with Crippen LogP contribution < -0.4 is 9.04 Å². The lowest BCUT2D eigenvalue weighted by atomic mass is 10.0. The molecule has 0 aromatic heterocycles. The molecule has 194 valence electrons. The number of esters is 1. The molecule has 2 aliphatic rings. The van der Waals surface area contributed by atoms with E-state index in [1.165, 1.54) is 41.6 Å². The van der Waals surface area contributed by atoms with Crippen molar-refractivity contribution in [3.05, 3.63) is 53.6 Å². The minimum absolute atomic E-state index is 0.0136. The largest absolute Gasteiger partial charge is 0.495 e. The van der Waals surface area contributed by atoms with E-state index >= 15 is 0 Å². The van der Waals surface area contributed by atoms with Crippen LogP contribution in [0.3, 0.4) is 0 Å². The van der Waals surface area contributed by atoms with Crippen LogP contribution >= 0.6 is 0 Å². The van der Waals surface area contributed by atoms with Crippen molar-refractivity contribution in [1.29, 1.82) is 0 Å². The fraction of sp³-hybridized carbons (Fsp3) is 0.417. The van der Waals surface area contributed by atoms with Crippen LogP contribution in [0.1, 0.15) is 28.8 Å². The molecule has 2 aliphatic heterocycles. The number of hydrogen-bond donors (Lipinski definition) is 0. The maximum absolute atomic E-state index is 13.6. The van der Waals surface area contributed by atoms with Crippen molar-refractivity contribution in [3.63, 3.8) is 0 Å². The highest BCUT2D eigenvalue weighted by Gasteiger charge is 2.34. The van der Waals surface area contributed by atoms with E-state index in [0.29, 0.717) is 18.5 Å². The molecule has 0 N–H and O–H groups in total. The predicted octanol–water partition coefficient (Wildman–Crippen LogP) is 1.64. The number of carbonyl (C=O) groups excluding carboxylic acids is 2. The summed E-state index contributed by atoms with van der Waals surface area (Å²) in [6.45, 7) is -0.311. The first-order valence-electron chi connectivity index (χ1n) is 11.5. The number of para-hydroxylation sites is 1. The molecule has 0 spiro atoms. The molecule has 0 aliphatic carbocycles. The molecule has 10 nitrogen and oxygen atoms in total. The number of methoxy groups -OCH3 is 1. The standard InChI is InChI=1S/C24H28N2O8S2/c1-25(19-11-13-35(29,30)16-19)23(27)15-34-24(28)18-9-10-21(33-2)22(14-18)36(31,32)26-12-5-7-17-6-3-4-8-20(17)26/h3-4,6,8-10,14,19H,5,7,11-13,15-16H2,1-2H3/t19-/m0/s1. The summed E-state index contributed by atoms with van der Waals surface area (Å²) in [5.41, 5.74) is 1.44. The minimum atomic E-state index is -4.07. The third kappa shape index (κ3) is 5.19. The zero-order valence-electron chi connectivity index (χ0n) is 20.0. The van der Waals surface area contributed by atoms with Crippen molar-refractivity contribution in [3.8, 4) is 5.75 Å². The van der Waals surface area contributed by atoms with Gasteiger partial charge < -0.3 is 14.4 Å². The van der Waals surface area contributed by atoms with Gasteiger partial charge in [0.15, 0.2) is 16.4 Å². The normalized spacial score (nSPS) is 18.8. The second-order valence-corrected chi connectivity index (χ2v) is 12.9. The van der Waals surface area contributed by atoms with Gasteiger partial charge >= 0.3 is 5.97 Å². The zero-order chi connectivity index (χ0) is 26.1. The Morgan fingerprint density at radius 3 is 2.61 bits per heavy atom. The molecule has 2 aromatic rings. The minimum Gasteiger partial charge on any atom is -0.495 e. The second-order valence-electron chi connectivity index (χ2n) is 8.81. The van der Waals surface area contributed by atoms with Crippen molar-refractivity contribution in [1.82, 2.24) is 4.90 Å². The SMILES string of the molecule is COc1ccc(C(=O)OCC(=O)N(C)[C@H]2CCS(=O)(=O)C2)cc1S(=O)(=O)N1CCCc2ccccc21. The molecular weight excluding hydrogens is 508 g/mol. The van der Waals surface area contributed by atoms with E-state index in [2.05, 4.69) is 0 Å². The van der Waals surface area contributed by atoms with Gasteiger partial charge in [-0.2, -0.15) is 0 Å². The smallest absolute Gasteiger partial charge is 0.338 e. The van der Waals surface area contributed by atoms with Gasteiger partial charge in [0.1, 0.15) is 10.6 Å². The van der Waals surface area contributed by atoms with Gasteiger partial charge in [-0.15, -0.1) is 0 Å². The molecule has 2 heterocycles. The number of ether oxygens (including phenoxy) is 2. The molecule has 1 saturated heterocycles. The topological polar surface area (TPSA) is 127 Å². The van der Waals surface area contributed by atoms with E-state index in [1.54, 1.807) is 12.1 Å². The van der Waals surface area contributed by atoms with Crippen LogP contribution in [0.5, 0.6) is 5.75 Å². The molecule has 0 unspecified atom stereocenters. The Hall–Kier alpha value is -3.12. The molecule has 12 heteroatoms. The molecule has 0 bridgehead atoms. The van der Waals surface area contributed by atoms with E-state index in [4.69, 9.17) is 9.47 Å². The van der Waals surface area contributed by atoms with Gasteiger partial charge in [0.05, 0.1) is 29.9 Å². The summed E-state index contributed by atoms with van der Waals surface area (Å²) in [5.74, 6) is -1.46. The number of amides is 1. The summed E-state index contributed by atoms with van der Waals surface area (Å²) in [6, 6.07) is 10.7. The number of hydrogen-bond acceptors (Lipinski definition) is 8. The maximum Gasteiger partial charge on any atom is 0.338 e. The number of anilines is 1. The Labute approximate surface area is 210 Å². The first-order valence-corrected chi connectivity index (χ1v) is 14.7. The molecule has 1 amide bonds. The molecular formula is C24H28N2O8S2. The summed E-state index contributed by atoms with van der Waals surface area (Å²) in [4.78, 5) is 26.3. The third-order valence-corrected chi connectivity index (χ3v) is 10.1. The van der Waals surface area contributed by atoms with Crippen molar-refractivity contribution >= 4 is 37.4 Å². The number of carbonyl (C=O) groups is 2. The van der Waals surface area contributed by atoms with Crippen LogP contribution in [0.2, 0.25) is 0 Å². The highest BCUT2D eigenvalue weighted by molar-refractivity contribution is 7.93. The summed E-state index contributed by atoms with van der Waals surface area (Å²) in [5, 5.41) is 0. The molecule has 0 radical (unpaired) electrons. The first kappa shape index (κ1) is 26.0. The van der Waals surface area contributed by atoms with E-state index in [0.717, 1.165) is 12.0 Å². The van der Waals surface area contributed by atoms with Gasteiger partial charge in [0.25, 0.3) is 15.9 Å². The molecule has 0 saturated carbocycles. The lowest BCUT2D eigenvalue weighted by molar-refractivity contribution is -0.134. The van der Waals surface area contributed by atoms with E-state index in [-0.39, 0.29) is 34.3 Å². The molecule has 1 atom stereocenters. The highest BCUT2D eigenvalue weighted by Crippen LogP contribution is 2.35. The second kappa shape index (κ2) is 10.1. The van der Waals surface area contributed by atoms with E-state index in [1.807, 2.05) is 12.1 Å². The summed E-state index contributed by atoms with van der Waals surface area (Å²) in [7, 11) is -4.44. The van der Waals surface area contributed by atoms with Crippen LogP contribution in [-0.2, 0) is 35.8 Å². The van der Waals surface area contributed by atoms with Crippen LogP contribution in [0, 0.1) is 0 Å². The number of likely N-dealkylation sites (N-methyl/N-ethyl adjacent to an activating group) is 1. The molecule has 36 heavy (non-hydrogen) atoms. The van der Waals surface area contributed by atoms with Crippen molar-refractivity contribution in [2.75, 3.05) is 43.1 Å². The number of nitrogens with zero attached hydrogens (tertiary/aromatic N) is 2. The molecule has 4 rings (SSSR count). The fourth-order valence-corrected chi connectivity index (χ4v) is 7.97. The Kier molecular flexibility index (Phi) is 7.28. The summed E-state index contributed by atoms with van der Waals surface area (Å²) < 4.78 is 62.4. The number of rotatable bonds is 7. The number of sulfone groups is 1. The van der Waals surface area contributed by atoms with Crippen LogP contribution in [0.25, 0.3) is 0 Å². The number of sulfonamides is 1. The lowest BCUT2D eigenvalue weighted by Crippen LogP contribution is -2.40. The number of fused-ring (bicyclic) bond motifs is 1. The van der Waals surface area contributed by atoms with Gasteiger partial charge in [0.2, 0.25) is 0 Å². The maximum atomic E-state index is 13.6. The van der Waals surface area contributed by atoms with Crippen LogP contribution in [-0.4, -0.2) is 78.5 Å². The molecule has 2 aromatic carbocycles. The Bertz CT molecular complexity index is 1390. The quantitative estimate of drug-likeness (QED) is 0.489. The first-order chi connectivity index (χ1) is 17.0. The van der Waals surface area contributed by atoms with Gasteiger partial charge in [0, 0.05) is 19.6 Å².